The van der Waals surface area contributed by atoms with Gasteiger partial charge in [-0.2, -0.15) is 0 Å². The number of thiophene rings is 1. The molecule has 0 aliphatic carbocycles. The summed E-state index contributed by atoms with van der Waals surface area (Å²) in [7, 11) is 0. The molecule has 0 amide bonds. The maximum atomic E-state index is 2.38. The van der Waals surface area contributed by atoms with Crippen molar-refractivity contribution in [1.82, 2.24) is 0 Å². The van der Waals surface area contributed by atoms with Gasteiger partial charge in [0.15, 0.2) is 0 Å². The zero-order valence-corrected chi connectivity index (χ0v) is 13.4. The van der Waals surface area contributed by atoms with Crippen molar-refractivity contribution in [2.75, 3.05) is 0 Å². The van der Waals surface area contributed by atoms with Gasteiger partial charge in [0.1, 0.15) is 0 Å². The quantitative estimate of drug-likeness (QED) is 0.346. The molecule has 4 aromatic rings. The van der Waals surface area contributed by atoms with Crippen LogP contribution in [0.4, 0.5) is 0 Å². The first-order valence-electron chi connectivity index (χ1n) is 7.38. The fourth-order valence-corrected chi connectivity index (χ4v) is 4.05. The second kappa shape index (κ2) is 4.32. The largest absolute Gasteiger partial charge is 0.135 e. The Morgan fingerprint density at radius 1 is 0.714 bits per heavy atom. The molecule has 0 atom stereocenters. The lowest BCUT2D eigenvalue weighted by Gasteiger charge is -2.18. The van der Waals surface area contributed by atoms with Crippen molar-refractivity contribution in [2.24, 2.45) is 0 Å². The van der Waals surface area contributed by atoms with Crippen molar-refractivity contribution < 1.29 is 0 Å². The van der Waals surface area contributed by atoms with E-state index < -0.39 is 0 Å². The molecule has 0 saturated carbocycles. The maximum Gasteiger partial charge on any atom is 0.0361 e. The molecule has 0 unspecified atom stereocenters. The van der Waals surface area contributed by atoms with Crippen LogP contribution in [0.1, 0.15) is 26.3 Å². The predicted octanol–water partition coefficient (Wildman–Crippen LogP) is 6.51. The Hall–Kier alpha value is -1.86. The van der Waals surface area contributed by atoms with Gasteiger partial charge in [-0.3, -0.25) is 0 Å². The van der Waals surface area contributed by atoms with Gasteiger partial charge in [0.25, 0.3) is 0 Å². The van der Waals surface area contributed by atoms with Gasteiger partial charge in [0, 0.05) is 20.2 Å². The number of benzene rings is 3. The molecule has 0 radical (unpaired) electrons. The maximum absolute atomic E-state index is 2.38. The summed E-state index contributed by atoms with van der Waals surface area (Å²) in [5.74, 6) is 0. The fraction of sp³-hybridized carbons (Fsp3) is 0.200. The molecule has 0 aliphatic rings. The molecule has 1 heterocycles. The van der Waals surface area contributed by atoms with Gasteiger partial charge < -0.3 is 0 Å². The molecule has 3 aromatic carbocycles. The average Bonchev–Trinajstić information content (AvgIpc) is 2.80. The van der Waals surface area contributed by atoms with Crippen LogP contribution in [-0.2, 0) is 5.41 Å². The highest BCUT2D eigenvalue weighted by Crippen LogP contribution is 2.38. The molecule has 1 aromatic heterocycles. The van der Waals surface area contributed by atoms with Crippen LogP contribution in [0.3, 0.4) is 0 Å². The summed E-state index contributed by atoms with van der Waals surface area (Å²) in [4.78, 5) is 0. The van der Waals surface area contributed by atoms with Crippen LogP contribution < -0.4 is 0 Å². The first kappa shape index (κ1) is 12.8. The normalized spacial score (nSPS) is 12.5. The molecule has 0 bridgehead atoms. The Labute approximate surface area is 129 Å². The number of hydrogen-bond donors (Lipinski definition) is 0. The highest BCUT2D eigenvalue weighted by atomic mass is 32.1. The van der Waals surface area contributed by atoms with Crippen molar-refractivity contribution in [3.8, 4) is 0 Å². The van der Waals surface area contributed by atoms with E-state index in [9.17, 15) is 0 Å². The van der Waals surface area contributed by atoms with Gasteiger partial charge in [0.2, 0.25) is 0 Å². The van der Waals surface area contributed by atoms with Crippen LogP contribution in [0.25, 0.3) is 30.9 Å². The SMILES string of the molecule is CC(C)(C)c1ccc2sc3cc4ccccc4cc3c2c1. The Morgan fingerprint density at radius 2 is 1.38 bits per heavy atom. The third-order valence-electron chi connectivity index (χ3n) is 4.20. The topological polar surface area (TPSA) is 0 Å². The summed E-state index contributed by atoms with van der Waals surface area (Å²) in [6, 6.07) is 20.2. The average molecular weight is 290 g/mol. The number of fused-ring (bicyclic) bond motifs is 4. The van der Waals surface area contributed by atoms with E-state index in [0.29, 0.717) is 0 Å². The van der Waals surface area contributed by atoms with E-state index in [1.54, 1.807) is 0 Å². The summed E-state index contributed by atoms with van der Waals surface area (Å²) >= 11 is 1.90. The Morgan fingerprint density at radius 3 is 2.10 bits per heavy atom. The van der Waals surface area contributed by atoms with Crippen molar-refractivity contribution in [2.45, 2.75) is 26.2 Å². The minimum atomic E-state index is 0.194. The second-order valence-electron chi connectivity index (χ2n) is 6.76. The van der Waals surface area contributed by atoms with E-state index in [1.807, 2.05) is 11.3 Å². The van der Waals surface area contributed by atoms with E-state index in [-0.39, 0.29) is 5.41 Å². The van der Waals surface area contributed by atoms with E-state index in [4.69, 9.17) is 0 Å². The summed E-state index contributed by atoms with van der Waals surface area (Å²) in [5.41, 5.74) is 1.60. The lowest BCUT2D eigenvalue weighted by atomic mass is 9.86. The van der Waals surface area contributed by atoms with Gasteiger partial charge >= 0.3 is 0 Å². The van der Waals surface area contributed by atoms with Crippen LogP contribution in [0, 0.1) is 0 Å². The van der Waals surface area contributed by atoms with Crippen molar-refractivity contribution in [3.05, 3.63) is 60.2 Å². The van der Waals surface area contributed by atoms with E-state index in [1.165, 1.54) is 36.5 Å². The first-order chi connectivity index (χ1) is 10.0. The van der Waals surface area contributed by atoms with Gasteiger partial charge in [-0.15, -0.1) is 11.3 Å². The summed E-state index contributed by atoms with van der Waals surface area (Å²) in [5, 5.41) is 5.44. The zero-order valence-electron chi connectivity index (χ0n) is 12.6. The van der Waals surface area contributed by atoms with E-state index in [2.05, 4.69) is 75.4 Å². The molecular weight excluding hydrogens is 272 g/mol. The second-order valence-corrected chi connectivity index (χ2v) is 7.84. The molecule has 104 valence electrons. The molecule has 1 heteroatoms. The monoisotopic (exact) mass is 290 g/mol. The Kier molecular flexibility index (Phi) is 2.64. The summed E-state index contributed by atoms with van der Waals surface area (Å²) in [6.07, 6.45) is 0. The molecule has 0 aliphatic heterocycles. The van der Waals surface area contributed by atoms with Crippen LogP contribution in [0.15, 0.2) is 54.6 Å². The number of hydrogen-bond acceptors (Lipinski definition) is 1. The van der Waals surface area contributed by atoms with Gasteiger partial charge in [-0.25, -0.2) is 0 Å². The molecule has 0 N–H and O–H groups in total. The molecule has 0 nitrogen and oxygen atoms in total. The number of rotatable bonds is 0. The van der Waals surface area contributed by atoms with E-state index >= 15 is 0 Å². The first-order valence-corrected chi connectivity index (χ1v) is 8.19. The zero-order chi connectivity index (χ0) is 14.6. The molecule has 21 heavy (non-hydrogen) atoms. The molecular formula is C20H18S. The molecule has 0 saturated heterocycles. The molecule has 4 rings (SSSR count). The fourth-order valence-electron chi connectivity index (χ4n) is 2.93. The van der Waals surface area contributed by atoms with Crippen LogP contribution >= 0.6 is 11.3 Å². The Balaban J connectivity index is 2.11. The van der Waals surface area contributed by atoms with Crippen molar-refractivity contribution in [1.29, 1.82) is 0 Å². The highest BCUT2D eigenvalue weighted by molar-refractivity contribution is 7.25. The van der Waals surface area contributed by atoms with Gasteiger partial charge in [0.05, 0.1) is 0 Å². The third-order valence-corrected chi connectivity index (χ3v) is 5.34. The summed E-state index contributed by atoms with van der Waals surface area (Å²) in [6.45, 7) is 6.83. The minimum absolute atomic E-state index is 0.194. The smallest absolute Gasteiger partial charge is 0.0361 e. The van der Waals surface area contributed by atoms with Crippen molar-refractivity contribution >= 4 is 42.3 Å². The summed E-state index contributed by atoms with van der Waals surface area (Å²) < 4.78 is 2.77. The lowest BCUT2D eigenvalue weighted by molar-refractivity contribution is 0.591. The van der Waals surface area contributed by atoms with Crippen LogP contribution in [-0.4, -0.2) is 0 Å². The van der Waals surface area contributed by atoms with Gasteiger partial charge in [-0.05, 0) is 46.0 Å². The standard InChI is InChI=1S/C20H18S/c1-20(2,3)15-8-9-18-17(12-15)16-10-13-6-4-5-7-14(13)11-19(16)21-18/h4-12H,1-3H3. The third kappa shape index (κ3) is 2.04. The molecule has 0 spiro atoms. The minimum Gasteiger partial charge on any atom is -0.135 e. The van der Waals surface area contributed by atoms with Crippen LogP contribution in [0.2, 0.25) is 0 Å². The van der Waals surface area contributed by atoms with Crippen molar-refractivity contribution in [3.63, 3.8) is 0 Å². The highest BCUT2D eigenvalue weighted by Gasteiger charge is 2.15. The van der Waals surface area contributed by atoms with Gasteiger partial charge in [-0.1, -0.05) is 51.1 Å². The molecule has 0 fully saturated rings. The van der Waals surface area contributed by atoms with E-state index in [0.717, 1.165) is 0 Å². The lowest BCUT2D eigenvalue weighted by Crippen LogP contribution is -2.10. The predicted molar refractivity (Wildman–Crippen MR) is 95.5 cm³/mol. The Bertz CT molecular complexity index is 968. The van der Waals surface area contributed by atoms with Crippen LogP contribution in [0.5, 0.6) is 0 Å².